The Morgan fingerprint density at radius 1 is 1.00 bits per heavy atom. The first kappa shape index (κ1) is 13.1. The SMILES string of the molecule is CC(=O)N(/C=C/c1ccccc1)Cc1ccccc1. The van der Waals surface area contributed by atoms with Gasteiger partial charge in [-0.2, -0.15) is 0 Å². The molecule has 0 heterocycles. The van der Waals surface area contributed by atoms with E-state index in [2.05, 4.69) is 0 Å². The van der Waals surface area contributed by atoms with Gasteiger partial charge in [0.05, 0.1) is 6.54 Å². The fourth-order valence-corrected chi connectivity index (χ4v) is 1.79. The van der Waals surface area contributed by atoms with E-state index >= 15 is 0 Å². The zero-order valence-electron chi connectivity index (χ0n) is 11.0. The molecule has 0 saturated heterocycles. The Morgan fingerprint density at radius 2 is 1.58 bits per heavy atom. The van der Waals surface area contributed by atoms with Gasteiger partial charge in [-0.3, -0.25) is 4.79 Å². The third kappa shape index (κ3) is 4.11. The molecule has 0 spiro atoms. The van der Waals surface area contributed by atoms with Crippen LogP contribution in [0.15, 0.2) is 66.9 Å². The van der Waals surface area contributed by atoms with Crippen LogP contribution in [0.2, 0.25) is 0 Å². The maximum atomic E-state index is 11.6. The first-order valence-electron chi connectivity index (χ1n) is 6.30. The minimum Gasteiger partial charge on any atom is -0.315 e. The number of rotatable bonds is 4. The maximum absolute atomic E-state index is 11.6. The minimum absolute atomic E-state index is 0.0380. The molecule has 0 aliphatic rings. The van der Waals surface area contributed by atoms with Gasteiger partial charge in [-0.05, 0) is 17.2 Å². The predicted octanol–water partition coefficient (Wildman–Crippen LogP) is 3.71. The molecular formula is C17H17NO. The summed E-state index contributed by atoms with van der Waals surface area (Å²) in [6.45, 7) is 2.18. The summed E-state index contributed by atoms with van der Waals surface area (Å²) in [6.07, 6.45) is 3.79. The van der Waals surface area contributed by atoms with Crippen molar-refractivity contribution in [2.45, 2.75) is 13.5 Å². The van der Waals surface area contributed by atoms with Crippen LogP contribution in [-0.4, -0.2) is 10.8 Å². The second-order valence-corrected chi connectivity index (χ2v) is 4.36. The lowest BCUT2D eigenvalue weighted by Crippen LogP contribution is -2.21. The van der Waals surface area contributed by atoms with Crippen LogP contribution in [0.5, 0.6) is 0 Å². The normalized spacial score (nSPS) is 10.6. The van der Waals surface area contributed by atoms with E-state index < -0.39 is 0 Å². The molecule has 0 aliphatic carbocycles. The zero-order valence-corrected chi connectivity index (χ0v) is 11.0. The van der Waals surface area contributed by atoms with Crippen molar-refractivity contribution in [2.24, 2.45) is 0 Å². The Kier molecular flexibility index (Phi) is 4.51. The van der Waals surface area contributed by atoms with E-state index in [0.717, 1.165) is 11.1 Å². The summed E-state index contributed by atoms with van der Waals surface area (Å²) in [6, 6.07) is 19.9. The van der Waals surface area contributed by atoms with Crippen molar-refractivity contribution in [2.75, 3.05) is 0 Å². The van der Waals surface area contributed by atoms with Crippen molar-refractivity contribution < 1.29 is 4.79 Å². The number of amides is 1. The first-order chi connectivity index (χ1) is 9.25. The number of hydrogen-bond acceptors (Lipinski definition) is 1. The molecular weight excluding hydrogens is 234 g/mol. The van der Waals surface area contributed by atoms with Crippen LogP contribution in [0.4, 0.5) is 0 Å². The second-order valence-electron chi connectivity index (χ2n) is 4.36. The molecule has 96 valence electrons. The summed E-state index contributed by atoms with van der Waals surface area (Å²) in [4.78, 5) is 13.4. The number of nitrogens with zero attached hydrogens (tertiary/aromatic N) is 1. The van der Waals surface area contributed by atoms with Gasteiger partial charge in [-0.1, -0.05) is 60.7 Å². The van der Waals surface area contributed by atoms with Gasteiger partial charge >= 0.3 is 0 Å². The van der Waals surface area contributed by atoms with Crippen LogP contribution in [0, 0.1) is 0 Å². The molecule has 0 aliphatic heterocycles. The van der Waals surface area contributed by atoms with E-state index in [1.807, 2.05) is 72.9 Å². The fourth-order valence-electron chi connectivity index (χ4n) is 1.79. The van der Waals surface area contributed by atoms with E-state index in [0.29, 0.717) is 6.54 Å². The van der Waals surface area contributed by atoms with Gasteiger partial charge in [-0.15, -0.1) is 0 Å². The molecule has 0 unspecified atom stereocenters. The fraction of sp³-hybridized carbons (Fsp3) is 0.118. The van der Waals surface area contributed by atoms with Gasteiger partial charge in [0.2, 0.25) is 5.91 Å². The molecule has 0 atom stereocenters. The molecule has 2 rings (SSSR count). The lowest BCUT2D eigenvalue weighted by Gasteiger charge is -2.16. The molecule has 2 aromatic carbocycles. The summed E-state index contributed by atoms with van der Waals surface area (Å²) in [5.74, 6) is 0.0380. The molecule has 0 bridgehead atoms. The van der Waals surface area contributed by atoms with E-state index in [1.165, 1.54) is 0 Å². The van der Waals surface area contributed by atoms with Crippen molar-refractivity contribution in [3.63, 3.8) is 0 Å². The van der Waals surface area contributed by atoms with Crippen LogP contribution in [-0.2, 0) is 11.3 Å². The van der Waals surface area contributed by atoms with Crippen molar-refractivity contribution in [3.8, 4) is 0 Å². The van der Waals surface area contributed by atoms with Crippen LogP contribution in [0.1, 0.15) is 18.1 Å². The summed E-state index contributed by atoms with van der Waals surface area (Å²) in [7, 11) is 0. The standard InChI is InChI=1S/C17H17NO/c1-15(19)18(14-17-10-6-3-7-11-17)13-12-16-8-4-2-5-9-16/h2-13H,14H2,1H3/b13-12+. The number of benzene rings is 2. The number of carbonyl (C=O) groups excluding carboxylic acids is 1. The van der Waals surface area contributed by atoms with E-state index in [9.17, 15) is 4.79 Å². The summed E-state index contributed by atoms with van der Waals surface area (Å²) < 4.78 is 0. The van der Waals surface area contributed by atoms with Crippen LogP contribution in [0.25, 0.3) is 6.08 Å². The van der Waals surface area contributed by atoms with Gasteiger partial charge in [0.15, 0.2) is 0 Å². The van der Waals surface area contributed by atoms with Crippen LogP contribution >= 0.6 is 0 Å². The molecule has 1 amide bonds. The summed E-state index contributed by atoms with van der Waals surface area (Å²) in [5, 5.41) is 0. The largest absolute Gasteiger partial charge is 0.315 e. The van der Waals surface area contributed by atoms with E-state index in [-0.39, 0.29) is 5.91 Å². The highest BCUT2D eigenvalue weighted by molar-refractivity contribution is 5.75. The molecule has 2 heteroatoms. The van der Waals surface area contributed by atoms with Crippen LogP contribution in [0.3, 0.4) is 0 Å². The average molecular weight is 251 g/mol. The van der Waals surface area contributed by atoms with E-state index in [1.54, 1.807) is 11.8 Å². The number of hydrogen-bond donors (Lipinski definition) is 0. The molecule has 0 N–H and O–H groups in total. The summed E-state index contributed by atoms with van der Waals surface area (Å²) in [5.41, 5.74) is 2.21. The van der Waals surface area contributed by atoms with Crippen molar-refractivity contribution in [1.29, 1.82) is 0 Å². The first-order valence-corrected chi connectivity index (χ1v) is 6.30. The van der Waals surface area contributed by atoms with Gasteiger partial charge in [-0.25, -0.2) is 0 Å². The molecule has 2 nitrogen and oxygen atoms in total. The van der Waals surface area contributed by atoms with Gasteiger partial charge in [0.1, 0.15) is 0 Å². The minimum atomic E-state index is 0.0380. The van der Waals surface area contributed by atoms with Gasteiger partial charge < -0.3 is 4.90 Å². The second kappa shape index (κ2) is 6.55. The quantitative estimate of drug-likeness (QED) is 0.811. The Morgan fingerprint density at radius 3 is 2.16 bits per heavy atom. The molecule has 0 aromatic heterocycles. The predicted molar refractivity (Wildman–Crippen MR) is 78.1 cm³/mol. The number of carbonyl (C=O) groups is 1. The Hall–Kier alpha value is -2.35. The Bertz CT molecular complexity index is 546. The molecule has 2 aromatic rings. The highest BCUT2D eigenvalue weighted by atomic mass is 16.2. The Labute approximate surface area is 114 Å². The van der Waals surface area contributed by atoms with Gasteiger partial charge in [0.25, 0.3) is 0 Å². The highest BCUT2D eigenvalue weighted by Gasteiger charge is 2.05. The van der Waals surface area contributed by atoms with Crippen molar-refractivity contribution >= 4 is 12.0 Å². The smallest absolute Gasteiger partial charge is 0.223 e. The molecule has 0 fully saturated rings. The monoisotopic (exact) mass is 251 g/mol. The Balaban J connectivity index is 2.09. The average Bonchev–Trinajstić information content (AvgIpc) is 2.45. The molecule has 19 heavy (non-hydrogen) atoms. The molecule has 0 radical (unpaired) electrons. The highest BCUT2D eigenvalue weighted by Crippen LogP contribution is 2.08. The zero-order chi connectivity index (χ0) is 13.5. The third-order valence-electron chi connectivity index (χ3n) is 2.85. The third-order valence-corrected chi connectivity index (χ3v) is 2.85. The topological polar surface area (TPSA) is 20.3 Å². The summed E-state index contributed by atoms with van der Waals surface area (Å²) >= 11 is 0. The lowest BCUT2D eigenvalue weighted by atomic mass is 10.2. The van der Waals surface area contributed by atoms with Crippen LogP contribution < -0.4 is 0 Å². The molecule has 0 saturated carbocycles. The van der Waals surface area contributed by atoms with Gasteiger partial charge in [0, 0.05) is 13.1 Å². The van der Waals surface area contributed by atoms with Crippen molar-refractivity contribution in [1.82, 2.24) is 4.90 Å². The van der Waals surface area contributed by atoms with Crippen molar-refractivity contribution in [3.05, 3.63) is 78.0 Å². The van der Waals surface area contributed by atoms with E-state index in [4.69, 9.17) is 0 Å². The maximum Gasteiger partial charge on any atom is 0.223 e. The lowest BCUT2D eigenvalue weighted by molar-refractivity contribution is -0.126.